The molecular formula is C11H18O3. The molecule has 3 nitrogen and oxygen atoms in total. The Morgan fingerprint density at radius 3 is 2.21 bits per heavy atom. The summed E-state index contributed by atoms with van der Waals surface area (Å²) >= 11 is 0. The first kappa shape index (κ1) is 12.9. The number of Topliss-reactive ketones (excluding diaryl/α,β-unsaturated/α-hetero) is 1. The van der Waals surface area contributed by atoms with E-state index in [0.717, 1.165) is 6.42 Å². The maximum Gasteiger partial charge on any atom is 0.374 e. The zero-order valence-electron chi connectivity index (χ0n) is 9.08. The minimum Gasteiger partial charge on any atom is -0.463 e. The molecule has 0 fully saturated rings. The summed E-state index contributed by atoms with van der Waals surface area (Å²) in [6.07, 6.45) is 3.18. The zero-order valence-corrected chi connectivity index (χ0v) is 9.08. The quantitative estimate of drug-likeness (QED) is 0.372. The van der Waals surface area contributed by atoms with Crippen LogP contribution >= 0.6 is 0 Å². The van der Waals surface area contributed by atoms with Crippen LogP contribution in [0.2, 0.25) is 0 Å². The lowest BCUT2D eigenvalue weighted by atomic mass is 9.85. The van der Waals surface area contributed by atoms with E-state index < -0.39 is 11.8 Å². The predicted molar refractivity (Wildman–Crippen MR) is 54.8 cm³/mol. The molecule has 0 saturated heterocycles. The molecule has 14 heavy (non-hydrogen) atoms. The summed E-state index contributed by atoms with van der Waals surface area (Å²) in [5.74, 6) is -1.42. The highest BCUT2D eigenvalue weighted by Gasteiger charge is 2.29. The molecule has 0 aliphatic carbocycles. The minimum absolute atomic E-state index is 0.0617. The highest BCUT2D eigenvalue weighted by atomic mass is 16.5. The second-order valence-electron chi connectivity index (χ2n) is 3.18. The topological polar surface area (TPSA) is 43.4 Å². The van der Waals surface area contributed by atoms with Gasteiger partial charge in [-0.25, -0.2) is 4.79 Å². The van der Waals surface area contributed by atoms with Crippen LogP contribution in [0.5, 0.6) is 0 Å². The van der Waals surface area contributed by atoms with Crippen LogP contribution in [0.25, 0.3) is 0 Å². The number of methoxy groups -OCH3 is 1. The average Bonchev–Trinajstić information content (AvgIpc) is 2.23. The number of carbonyl (C=O) groups excluding carboxylic acids is 2. The van der Waals surface area contributed by atoms with Gasteiger partial charge in [-0.2, -0.15) is 0 Å². The molecule has 0 spiro atoms. The molecule has 0 heterocycles. The van der Waals surface area contributed by atoms with Crippen molar-refractivity contribution in [3.05, 3.63) is 12.7 Å². The van der Waals surface area contributed by atoms with Crippen LogP contribution in [-0.4, -0.2) is 18.9 Å². The Bertz CT molecular complexity index is 221. The fourth-order valence-corrected chi connectivity index (χ4v) is 1.55. The molecule has 0 radical (unpaired) electrons. The van der Waals surface area contributed by atoms with E-state index in [9.17, 15) is 9.59 Å². The lowest BCUT2D eigenvalue weighted by Crippen LogP contribution is -2.29. The lowest BCUT2D eigenvalue weighted by molar-refractivity contribution is -0.154. The third kappa shape index (κ3) is 2.98. The molecule has 0 N–H and O–H groups in total. The van der Waals surface area contributed by atoms with Crippen LogP contribution < -0.4 is 0 Å². The number of hydrogen-bond donors (Lipinski definition) is 0. The van der Waals surface area contributed by atoms with E-state index in [0.29, 0.717) is 6.42 Å². The number of allylic oxidation sites excluding steroid dienone is 1. The smallest absolute Gasteiger partial charge is 0.374 e. The number of carbonyl (C=O) groups is 2. The van der Waals surface area contributed by atoms with Gasteiger partial charge >= 0.3 is 5.97 Å². The van der Waals surface area contributed by atoms with E-state index in [1.165, 1.54) is 7.11 Å². The first-order valence-electron chi connectivity index (χ1n) is 4.86. The van der Waals surface area contributed by atoms with Gasteiger partial charge in [0.15, 0.2) is 0 Å². The molecule has 0 saturated carbocycles. The van der Waals surface area contributed by atoms with Crippen molar-refractivity contribution >= 4 is 11.8 Å². The summed E-state index contributed by atoms with van der Waals surface area (Å²) < 4.78 is 4.41. The van der Waals surface area contributed by atoms with Crippen LogP contribution in [0.15, 0.2) is 12.7 Å². The first-order chi connectivity index (χ1) is 6.62. The Morgan fingerprint density at radius 2 is 1.93 bits per heavy atom. The second-order valence-corrected chi connectivity index (χ2v) is 3.18. The van der Waals surface area contributed by atoms with Crippen molar-refractivity contribution < 1.29 is 14.3 Å². The van der Waals surface area contributed by atoms with Crippen LogP contribution in [0.4, 0.5) is 0 Å². The average molecular weight is 198 g/mol. The van der Waals surface area contributed by atoms with Crippen LogP contribution in [0, 0.1) is 11.8 Å². The largest absolute Gasteiger partial charge is 0.463 e. The van der Waals surface area contributed by atoms with Crippen LogP contribution in [-0.2, 0) is 14.3 Å². The molecule has 0 aliphatic heterocycles. The molecule has 2 atom stereocenters. The van der Waals surface area contributed by atoms with E-state index in [4.69, 9.17) is 0 Å². The highest BCUT2D eigenvalue weighted by molar-refractivity contribution is 6.34. The third-order valence-electron chi connectivity index (χ3n) is 2.45. The van der Waals surface area contributed by atoms with Gasteiger partial charge in [0.2, 0.25) is 5.78 Å². The standard InChI is InChI=1S/C11H18O3/c1-5-8(6-2)9(7-3)10(12)11(13)14-4/h5,8-9H,1,6-7H2,2-4H3/t8-,9+/m1/s1. The van der Waals surface area contributed by atoms with Crippen molar-refractivity contribution in [3.8, 4) is 0 Å². The zero-order chi connectivity index (χ0) is 11.1. The number of rotatable bonds is 6. The Labute approximate surface area is 85.1 Å². The molecule has 80 valence electrons. The summed E-state index contributed by atoms with van der Waals surface area (Å²) in [6, 6.07) is 0. The maximum atomic E-state index is 11.5. The van der Waals surface area contributed by atoms with E-state index in [2.05, 4.69) is 11.3 Å². The van der Waals surface area contributed by atoms with Gasteiger partial charge in [0.05, 0.1) is 7.11 Å². The molecule has 3 heteroatoms. The van der Waals surface area contributed by atoms with Crippen molar-refractivity contribution in [2.75, 3.05) is 7.11 Å². The monoisotopic (exact) mass is 198 g/mol. The molecule has 0 aliphatic rings. The van der Waals surface area contributed by atoms with Gasteiger partial charge in [-0.3, -0.25) is 4.79 Å². The Kier molecular flexibility index (Phi) is 5.84. The van der Waals surface area contributed by atoms with Gasteiger partial charge in [0, 0.05) is 5.92 Å². The number of hydrogen-bond acceptors (Lipinski definition) is 3. The summed E-state index contributed by atoms with van der Waals surface area (Å²) in [5.41, 5.74) is 0. The molecule has 0 aromatic heterocycles. The van der Waals surface area contributed by atoms with E-state index in [-0.39, 0.29) is 11.8 Å². The van der Waals surface area contributed by atoms with Gasteiger partial charge in [0.25, 0.3) is 0 Å². The Balaban J connectivity index is 4.61. The van der Waals surface area contributed by atoms with Crippen molar-refractivity contribution in [1.29, 1.82) is 0 Å². The fraction of sp³-hybridized carbons (Fsp3) is 0.636. The third-order valence-corrected chi connectivity index (χ3v) is 2.45. The minimum atomic E-state index is -0.753. The Morgan fingerprint density at radius 1 is 1.36 bits per heavy atom. The molecule has 0 aromatic rings. The molecule has 0 amide bonds. The molecule has 0 aromatic carbocycles. The summed E-state index contributed by atoms with van der Waals surface area (Å²) in [4.78, 5) is 22.6. The van der Waals surface area contributed by atoms with Crippen molar-refractivity contribution in [3.63, 3.8) is 0 Å². The molecule has 0 rings (SSSR count). The maximum absolute atomic E-state index is 11.5. The van der Waals surface area contributed by atoms with Crippen molar-refractivity contribution in [2.24, 2.45) is 11.8 Å². The fourth-order valence-electron chi connectivity index (χ4n) is 1.55. The van der Waals surface area contributed by atoms with E-state index in [1.807, 2.05) is 13.8 Å². The summed E-state index contributed by atoms with van der Waals surface area (Å²) in [7, 11) is 1.22. The second kappa shape index (κ2) is 6.35. The number of ether oxygens (including phenoxy) is 1. The first-order valence-corrected chi connectivity index (χ1v) is 4.86. The molecule has 0 unspecified atom stereocenters. The van der Waals surface area contributed by atoms with E-state index >= 15 is 0 Å². The molecule has 0 bridgehead atoms. The Hall–Kier alpha value is -1.12. The number of ketones is 1. The lowest BCUT2D eigenvalue weighted by Gasteiger charge is -2.19. The van der Waals surface area contributed by atoms with Crippen LogP contribution in [0.1, 0.15) is 26.7 Å². The number of esters is 1. The predicted octanol–water partition coefficient (Wildman–Crippen LogP) is 1.97. The van der Waals surface area contributed by atoms with Gasteiger partial charge < -0.3 is 4.74 Å². The normalized spacial score (nSPS) is 14.2. The van der Waals surface area contributed by atoms with Gasteiger partial charge in [0.1, 0.15) is 0 Å². The van der Waals surface area contributed by atoms with Gasteiger partial charge in [-0.05, 0) is 18.8 Å². The van der Waals surface area contributed by atoms with Gasteiger partial charge in [-0.15, -0.1) is 6.58 Å². The van der Waals surface area contributed by atoms with Gasteiger partial charge in [-0.1, -0.05) is 19.9 Å². The van der Waals surface area contributed by atoms with E-state index in [1.54, 1.807) is 6.08 Å². The highest BCUT2D eigenvalue weighted by Crippen LogP contribution is 2.21. The van der Waals surface area contributed by atoms with Crippen LogP contribution in [0.3, 0.4) is 0 Å². The molecular weight excluding hydrogens is 180 g/mol. The van der Waals surface area contributed by atoms with Crippen molar-refractivity contribution in [2.45, 2.75) is 26.7 Å². The van der Waals surface area contributed by atoms with Crippen molar-refractivity contribution in [1.82, 2.24) is 0 Å². The SMILES string of the molecule is C=C[C@H](CC)[C@H](CC)C(=O)C(=O)OC. The summed E-state index contributed by atoms with van der Waals surface area (Å²) in [5, 5.41) is 0. The summed E-state index contributed by atoms with van der Waals surface area (Å²) in [6.45, 7) is 7.52.